The van der Waals surface area contributed by atoms with Crippen molar-refractivity contribution in [2.45, 2.75) is 74.5 Å². The number of rotatable bonds is 16. The summed E-state index contributed by atoms with van der Waals surface area (Å²) in [5.74, 6) is -6.41. The molecule has 2 heterocycles. The highest BCUT2D eigenvalue weighted by Gasteiger charge is 2.51. The maximum Gasteiger partial charge on any atom is 0.341 e. The molecule has 5 N–H and O–H groups in total. The molecule has 4 aliphatic carbocycles. The molecule has 4 saturated carbocycles. The van der Waals surface area contributed by atoms with Crippen molar-refractivity contribution in [2.75, 3.05) is 32.8 Å². The van der Waals surface area contributed by atoms with Crippen molar-refractivity contribution >= 4 is 41.4 Å². The van der Waals surface area contributed by atoms with E-state index in [9.17, 15) is 38.7 Å². The largest absolute Gasteiger partial charge is 0.481 e. The first-order valence-electron chi connectivity index (χ1n) is 23.8. The molecule has 4 aromatic rings. The molecule has 0 radical (unpaired) electrons. The van der Waals surface area contributed by atoms with Crippen LogP contribution in [-0.4, -0.2) is 113 Å². The van der Waals surface area contributed by atoms with Gasteiger partial charge in [0.15, 0.2) is 6.61 Å². The van der Waals surface area contributed by atoms with Crippen molar-refractivity contribution in [3.63, 3.8) is 0 Å². The molecule has 352 valence electrons. The van der Waals surface area contributed by atoms with Crippen LogP contribution in [0, 0.1) is 29.6 Å². The number of hydrogen-bond donors (Lipinski definition) is 5. The highest BCUT2D eigenvalue weighted by atomic mass is 16.5. The van der Waals surface area contributed by atoms with E-state index in [1.165, 1.54) is 28.0 Å². The Labute approximate surface area is 394 Å². The summed E-state index contributed by atoms with van der Waals surface area (Å²) in [4.78, 5) is 99.3. The molecule has 2 aliphatic heterocycles. The Morgan fingerprint density at radius 1 is 0.515 bits per heavy atom. The number of hydrogen-bond acceptors (Lipinski definition) is 8. The van der Waals surface area contributed by atoms with Gasteiger partial charge in [-0.3, -0.25) is 28.8 Å². The second-order valence-corrected chi connectivity index (χ2v) is 19.7. The van der Waals surface area contributed by atoms with Crippen LogP contribution in [0.25, 0.3) is 0 Å². The zero-order valence-corrected chi connectivity index (χ0v) is 37.8. The Morgan fingerprint density at radius 3 is 1.25 bits per heavy atom. The third-order valence-corrected chi connectivity index (χ3v) is 14.8. The number of carbonyl (C=O) groups is 7. The fraction of sp³-hybridized carbons (Fsp3) is 0.415. The molecule has 2 saturated heterocycles. The van der Waals surface area contributed by atoms with Gasteiger partial charge in [-0.15, -0.1) is 0 Å². The minimum absolute atomic E-state index is 0.00304. The van der Waals surface area contributed by atoms with Crippen LogP contribution in [0.2, 0.25) is 0 Å². The number of likely N-dealkylation sites (tertiary alicyclic amines) is 2. The maximum absolute atomic E-state index is 14.4. The van der Waals surface area contributed by atoms with E-state index in [0.717, 1.165) is 42.4 Å². The lowest BCUT2D eigenvalue weighted by atomic mass is 9.94. The molecule has 12 atom stereocenters. The second kappa shape index (κ2) is 18.6. The van der Waals surface area contributed by atoms with Crippen molar-refractivity contribution in [1.82, 2.24) is 31.1 Å². The van der Waals surface area contributed by atoms with Crippen LogP contribution in [-0.2, 0) is 24.0 Å². The Morgan fingerprint density at radius 2 is 0.882 bits per heavy atom. The first-order chi connectivity index (χ1) is 32.9. The van der Waals surface area contributed by atoms with Gasteiger partial charge in [0.05, 0.1) is 29.2 Å². The smallest absolute Gasteiger partial charge is 0.341 e. The summed E-state index contributed by atoms with van der Waals surface area (Å²) in [6, 6.07) is 33.5. The van der Waals surface area contributed by atoms with Crippen molar-refractivity contribution < 1.29 is 43.4 Å². The predicted octanol–water partition coefficient (Wildman–Crippen LogP) is 4.07. The van der Waals surface area contributed by atoms with Gasteiger partial charge in [0.2, 0.25) is 23.6 Å². The molecule has 6 fully saturated rings. The van der Waals surface area contributed by atoms with E-state index in [0.29, 0.717) is 5.92 Å². The predicted molar refractivity (Wildman–Crippen MR) is 248 cm³/mol. The molecular weight excluding hydrogens is 865 g/mol. The highest BCUT2D eigenvalue weighted by Crippen LogP contribution is 2.44. The maximum atomic E-state index is 14.4. The van der Waals surface area contributed by atoms with E-state index in [4.69, 9.17) is 4.74 Å². The molecule has 0 aromatic heterocycles. The standard InChI is InChI=1S/C53H56N6O9/c1-29-19-42(29)54-48(62)40-26-59(27-41(40)51(65)57-45-23-37(45)32-15-9-4-10-16-32)53(67)34-18-17-33(20-46(34)68-28-47(60)61)52(66)58-24-38(49(63)55-43-21-35(43)30-11-5-2-6-12-30)39(25-58)50(64)56-44-22-36(44)31-13-7-3-8-14-31/h2-18,20,29,35-45H,19,21-28H2,1H3,(H,54,62)(H,55,63)(H,56,64)(H,57,65)(H,60,61)/t29-,35+,36+,37+,38+,39+,40+,41+,42-,43-,44-,45-/m0/s1. The van der Waals surface area contributed by atoms with Crippen molar-refractivity contribution in [3.05, 3.63) is 137 Å². The summed E-state index contributed by atoms with van der Waals surface area (Å²) in [5.41, 5.74) is 3.37. The van der Waals surface area contributed by atoms with E-state index in [1.54, 1.807) is 0 Å². The molecule has 0 spiro atoms. The van der Waals surface area contributed by atoms with Gasteiger partial charge in [0, 0.05) is 73.7 Å². The second-order valence-electron chi connectivity index (χ2n) is 19.7. The molecule has 6 amide bonds. The van der Waals surface area contributed by atoms with Crippen LogP contribution < -0.4 is 26.0 Å². The summed E-state index contributed by atoms with van der Waals surface area (Å²) >= 11 is 0. The average Bonchev–Trinajstić information content (AvgIpc) is 4.31. The van der Waals surface area contributed by atoms with Crippen molar-refractivity contribution in [2.24, 2.45) is 29.6 Å². The van der Waals surface area contributed by atoms with Gasteiger partial charge in [0.1, 0.15) is 5.75 Å². The van der Waals surface area contributed by atoms with Gasteiger partial charge in [-0.2, -0.15) is 0 Å². The summed E-state index contributed by atoms with van der Waals surface area (Å²) in [6.45, 7) is 1.00. The van der Waals surface area contributed by atoms with Gasteiger partial charge in [-0.25, -0.2) is 4.79 Å². The third kappa shape index (κ3) is 9.70. The first kappa shape index (κ1) is 44.8. The normalized spacial score (nSPS) is 29.5. The molecule has 10 rings (SSSR count). The summed E-state index contributed by atoms with van der Waals surface area (Å²) in [5, 5.41) is 22.1. The monoisotopic (exact) mass is 920 g/mol. The van der Waals surface area contributed by atoms with E-state index in [1.807, 2.05) is 97.9 Å². The van der Waals surface area contributed by atoms with E-state index in [-0.39, 0.29) is 109 Å². The van der Waals surface area contributed by atoms with Crippen LogP contribution >= 0.6 is 0 Å². The van der Waals surface area contributed by atoms with Crippen LogP contribution in [0.3, 0.4) is 0 Å². The Kier molecular flexibility index (Phi) is 12.2. The molecule has 15 heteroatoms. The summed E-state index contributed by atoms with van der Waals surface area (Å²) in [6.07, 6.45) is 3.13. The number of carbonyl (C=O) groups excluding carboxylic acids is 6. The molecule has 15 nitrogen and oxygen atoms in total. The number of ether oxygens (including phenoxy) is 1. The lowest BCUT2D eigenvalue weighted by Gasteiger charge is -2.20. The molecule has 6 aliphatic rings. The van der Waals surface area contributed by atoms with Gasteiger partial charge in [-0.05, 0) is 66.5 Å². The number of carboxylic acid groups (broad SMARTS) is 1. The minimum atomic E-state index is -1.31. The van der Waals surface area contributed by atoms with E-state index < -0.39 is 48.1 Å². The lowest BCUT2D eigenvalue weighted by Crippen LogP contribution is -2.43. The molecule has 0 unspecified atom stereocenters. The quantitative estimate of drug-likeness (QED) is 0.110. The van der Waals surface area contributed by atoms with Gasteiger partial charge in [0.25, 0.3) is 11.8 Å². The fourth-order valence-corrected chi connectivity index (χ4v) is 10.4. The minimum Gasteiger partial charge on any atom is -0.481 e. The zero-order valence-electron chi connectivity index (χ0n) is 37.8. The Hall–Kier alpha value is -7.03. The van der Waals surface area contributed by atoms with Crippen molar-refractivity contribution in [3.8, 4) is 5.75 Å². The number of benzene rings is 4. The van der Waals surface area contributed by atoms with Gasteiger partial charge < -0.3 is 40.9 Å². The van der Waals surface area contributed by atoms with Crippen molar-refractivity contribution in [1.29, 1.82) is 0 Å². The molecular formula is C53H56N6O9. The summed E-state index contributed by atoms with van der Waals surface area (Å²) < 4.78 is 5.68. The first-order valence-corrected chi connectivity index (χ1v) is 23.8. The van der Waals surface area contributed by atoms with Gasteiger partial charge >= 0.3 is 5.97 Å². The van der Waals surface area contributed by atoms with E-state index in [2.05, 4.69) is 21.3 Å². The fourth-order valence-electron chi connectivity index (χ4n) is 10.4. The van der Waals surface area contributed by atoms with Crippen LogP contribution in [0.4, 0.5) is 0 Å². The number of nitrogens with one attached hydrogen (secondary N) is 4. The van der Waals surface area contributed by atoms with Crippen LogP contribution in [0.15, 0.2) is 109 Å². The van der Waals surface area contributed by atoms with E-state index >= 15 is 0 Å². The molecule has 4 aromatic carbocycles. The number of carboxylic acids is 1. The third-order valence-electron chi connectivity index (χ3n) is 14.8. The molecule has 68 heavy (non-hydrogen) atoms. The number of nitrogens with zero attached hydrogens (tertiary/aromatic N) is 2. The SMILES string of the molecule is C[C@H]1C[C@@H]1NC(=O)[C@@H]1CN(C(=O)c2ccc(C(=O)N3C[C@@H](C(=O)N[C@H]4C[C@@H]4c4ccccc4)[C@H](C(=O)N[C@H]4C[C@@H]4c4ccccc4)C3)cc2OCC(=O)O)C[C@H]1C(=O)N[C@H]1C[C@@H]1c1ccccc1. The Bertz CT molecular complexity index is 2540. The number of aliphatic carboxylic acids is 1. The average molecular weight is 921 g/mol. The highest BCUT2D eigenvalue weighted by molar-refractivity contribution is 6.02. The molecule has 0 bridgehead atoms. The number of amides is 6. The topological polar surface area (TPSA) is 204 Å². The Balaban J connectivity index is 0.855. The summed E-state index contributed by atoms with van der Waals surface area (Å²) in [7, 11) is 0. The zero-order chi connectivity index (χ0) is 47.2. The lowest BCUT2D eigenvalue weighted by molar-refractivity contribution is -0.139. The van der Waals surface area contributed by atoms with Crippen LogP contribution in [0.1, 0.15) is 87.8 Å². The van der Waals surface area contributed by atoms with Crippen LogP contribution in [0.5, 0.6) is 5.75 Å². The van der Waals surface area contributed by atoms with Gasteiger partial charge in [-0.1, -0.05) is 97.9 Å².